The van der Waals surface area contributed by atoms with Crippen LogP contribution in [0.3, 0.4) is 0 Å². The Labute approximate surface area is 145 Å². The number of cyclic esters (lactones) is 1. The van der Waals surface area contributed by atoms with Gasteiger partial charge in [0.2, 0.25) is 5.91 Å². The first kappa shape index (κ1) is 18.5. The van der Waals surface area contributed by atoms with Crippen molar-refractivity contribution >= 4 is 12.0 Å². The Bertz CT molecular complexity index is 543. The maximum Gasteiger partial charge on any atom is 0.416 e. The summed E-state index contributed by atoms with van der Waals surface area (Å²) in [4.78, 5) is 26.2. The maximum absolute atomic E-state index is 12.8. The number of carbonyl (C=O) groups excluding carboxylic acids is 2. The van der Waals surface area contributed by atoms with Crippen molar-refractivity contribution in [1.82, 2.24) is 4.90 Å². The van der Waals surface area contributed by atoms with Gasteiger partial charge in [0.05, 0.1) is 6.04 Å². The molecule has 3 atom stereocenters. The Morgan fingerprint density at radius 3 is 2.67 bits per heavy atom. The molecule has 0 radical (unpaired) electrons. The number of rotatable bonds is 8. The predicted molar refractivity (Wildman–Crippen MR) is 94.6 cm³/mol. The molecular formula is C20H29NO3. The van der Waals surface area contributed by atoms with Crippen molar-refractivity contribution in [2.24, 2.45) is 11.8 Å². The van der Waals surface area contributed by atoms with E-state index < -0.39 is 6.09 Å². The lowest BCUT2D eigenvalue weighted by Crippen LogP contribution is -2.43. The summed E-state index contributed by atoms with van der Waals surface area (Å²) in [6.07, 6.45) is 4.46. The van der Waals surface area contributed by atoms with Crippen LogP contribution in [0.15, 0.2) is 30.3 Å². The predicted octanol–water partition coefficient (Wildman–Crippen LogP) is 4.43. The topological polar surface area (TPSA) is 46.6 Å². The molecular weight excluding hydrogens is 302 g/mol. The first-order chi connectivity index (χ1) is 11.5. The molecule has 2 rings (SSSR count). The van der Waals surface area contributed by atoms with E-state index in [0.717, 1.165) is 18.4 Å². The van der Waals surface area contributed by atoms with Crippen LogP contribution in [0.2, 0.25) is 0 Å². The van der Waals surface area contributed by atoms with Gasteiger partial charge < -0.3 is 4.74 Å². The normalized spacial score (nSPS) is 19.9. The number of carbonyl (C=O) groups is 2. The molecule has 1 aromatic carbocycles. The molecule has 0 aliphatic carbocycles. The van der Waals surface area contributed by atoms with E-state index in [-0.39, 0.29) is 24.5 Å². The Morgan fingerprint density at radius 2 is 2.00 bits per heavy atom. The van der Waals surface area contributed by atoms with E-state index in [0.29, 0.717) is 12.3 Å². The third-order valence-corrected chi connectivity index (χ3v) is 4.74. The number of hydrogen-bond acceptors (Lipinski definition) is 3. The van der Waals surface area contributed by atoms with Crippen molar-refractivity contribution in [3.63, 3.8) is 0 Å². The Balaban J connectivity index is 1.98. The van der Waals surface area contributed by atoms with Crippen LogP contribution in [-0.4, -0.2) is 29.5 Å². The van der Waals surface area contributed by atoms with Crippen molar-refractivity contribution in [3.8, 4) is 0 Å². The van der Waals surface area contributed by atoms with Crippen LogP contribution >= 0.6 is 0 Å². The fourth-order valence-corrected chi connectivity index (χ4v) is 3.38. The second kappa shape index (κ2) is 8.86. The lowest BCUT2D eigenvalue weighted by Gasteiger charge is -2.24. The molecule has 1 aromatic rings. The van der Waals surface area contributed by atoms with E-state index in [4.69, 9.17) is 4.74 Å². The van der Waals surface area contributed by atoms with Crippen molar-refractivity contribution in [1.29, 1.82) is 0 Å². The molecule has 0 N–H and O–H groups in total. The van der Waals surface area contributed by atoms with Gasteiger partial charge in [0.25, 0.3) is 0 Å². The second-order valence-electron chi connectivity index (χ2n) is 7.01. The summed E-state index contributed by atoms with van der Waals surface area (Å²) in [5.41, 5.74) is 1.11. The van der Waals surface area contributed by atoms with E-state index in [1.807, 2.05) is 37.3 Å². The van der Waals surface area contributed by atoms with Gasteiger partial charge >= 0.3 is 6.09 Å². The van der Waals surface area contributed by atoms with Crippen LogP contribution in [0.25, 0.3) is 0 Å². The molecule has 24 heavy (non-hydrogen) atoms. The number of benzene rings is 1. The largest absolute Gasteiger partial charge is 0.447 e. The van der Waals surface area contributed by atoms with E-state index in [1.165, 1.54) is 17.7 Å². The minimum atomic E-state index is -0.492. The molecule has 4 nitrogen and oxygen atoms in total. The van der Waals surface area contributed by atoms with Crippen LogP contribution in [0.5, 0.6) is 0 Å². The number of unbranched alkanes of at least 4 members (excludes halogenated alkanes) is 1. The number of nitrogens with zero attached hydrogens (tertiary/aromatic N) is 1. The van der Waals surface area contributed by atoms with Crippen molar-refractivity contribution < 1.29 is 14.3 Å². The first-order valence-corrected chi connectivity index (χ1v) is 9.06. The van der Waals surface area contributed by atoms with Crippen molar-refractivity contribution in [3.05, 3.63) is 35.9 Å². The standard InChI is InChI=1S/C20H29NO3/c1-4-5-9-15(2)12-16(3)19(22)21-18(14-24-20(21)23)13-17-10-7-6-8-11-17/h6-8,10-11,15-16,18H,4-5,9,12-14H2,1-3H3/t15-,16+,18-/m1/s1. The van der Waals surface area contributed by atoms with Gasteiger partial charge in [-0.2, -0.15) is 0 Å². The zero-order valence-electron chi connectivity index (χ0n) is 15.0. The monoisotopic (exact) mass is 331 g/mol. The third-order valence-electron chi connectivity index (χ3n) is 4.74. The molecule has 4 heteroatoms. The van der Waals surface area contributed by atoms with Gasteiger partial charge in [0, 0.05) is 5.92 Å². The SMILES string of the molecule is CCCC[C@@H](C)C[C@H](C)C(=O)N1C(=O)OC[C@H]1Cc1ccccc1. The van der Waals surface area contributed by atoms with Gasteiger partial charge in [-0.1, -0.05) is 70.4 Å². The Kier molecular flexibility index (Phi) is 6.83. The van der Waals surface area contributed by atoms with Gasteiger partial charge in [-0.05, 0) is 24.3 Å². The fraction of sp³-hybridized carbons (Fsp3) is 0.600. The summed E-state index contributed by atoms with van der Waals surface area (Å²) in [6.45, 7) is 6.58. The van der Waals surface area contributed by atoms with Gasteiger partial charge in [-0.25, -0.2) is 9.69 Å². The summed E-state index contributed by atoms with van der Waals surface area (Å²) in [7, 11) is 0. The van der Waals surface area contributed by atoms with Gasteiger partial charge in [0.15, 0.2) is 0 Å². The summed E-state index contributed by atoms with van der Waals surface area (Å²) < 4.78 is 5.16. The lowest BCUT2D eigenvalue weighted by atomic mass is 9.92. The lowest BCUT2D eigenvalue weighted by molar-refractivity contribution is -0.133. The van der Waals surface area contributed by atoms with E-state index >= 15 is 0 Å². The first-order valence-electron chi connectivity index (χ1n) is 9.06. The molecule has 0 aromatic heterocycles. The molecule has 0 unspecified atom stereocenters. The minimum absolute atomic E-state index is 0.0956. The number of ether oxygens (including phenoxy) is 1. The molecule has 132 valence electrons. The highest BCUT2D eigenvalue weighted by Crippen LogP contribution is 2.24. The second-order valence-corrected chi connectivity index (χ2v) is 7.01. The van der Waals surface area contributed by atoms with Gasteiger partial charge in [0.1, 0.15) is 6.61 Å². The Morgan fingerprint density at radius 1 is 1.29 bits per heavy atom. The summed E-state index contributed by atoms with van der Waals surface area (Å²) in [5, 5.41) is 0. The minimum Gasteiger partial charge on any atom is -0.447 e. The smallest absolute Gasteiger partial charge is 0.416 e. The maximum atomic E-state index is 12.8. The highest BCUT2D eigenvalue weighted by molar-refractivity contribution is 5.94. The highest BCUT2D eigenvalue weighted by Gasteiger charge is 2.39. The molecule has 1 fully saturated rings. The zero-order valence-corrected chi connectivity index (χ0v) is 15.0. The summed E-state index contributed by atoms with van der Waals surface area (Å²) >= 11 is 0. The van der Waals surface area contributed by atoms with Crippen LogP contribution in [0.4, 0.5) is 4.79 Å². The van der Waals surface area contributed by atoms with E-state index in [9.17, 15) is 9.59 Å². The highest BCUT2D eigenvalue weighted by atomic mass is 16.6. The molecule has 0 bridgehead atoms. The van der Waals surface area contributed by atoms with Gasteiger partial charge in [-0.3, -0.25) is 4.79 Å². The molecule has 1 aliphatic heterocycles. The number of imide groups is 1. The number of amides is 2. The van der Waals surface area contributed by atoms with Crippen LogP contribution in [0.1, 0.15) is 52.0 Å². The van der Waals surface area contributed by atoms with Gasteiger partial charge in [-0.15, -0.1) is 0 Å². The summed E-state index contributed by atoms with van der Waals surface area (Å²) in [5.74, 6) is 0.248. The molecule has 1 saturated heterocycles. The van der Waals surface area contributed by atoms with E-state index in [2.05, 4.69) is 13.8 Å². The average Bonchev–Trinajstić information content (AvgIpc) is 2.93. The van der Waals surface area contributed by atoms with Crippen molar-refractivity contribution in [2.75, 3.05) is 6.61 Å². The third kappa shape index (κ3) is 4.83. The fourth-order valence-electron chi connectivity index (χ4n) is 3.38. The molecule has 0 spiro atoms. The Hall–Kier alpha value is -1.84. The molecule has 2 amide bonds. The molecule has 1 aliphatic rings. The van der Waals surface area contributed by atoms with Crippen molar-refractivity contribution in [2.45, 2.75) is 58.9 Å². The van der Waals surface area contributed by atoms with E-state index in [1.54, 1.807) is 0 Å². The molecule has 0 saturated carbocycles. The van der Waals surface area contributed by atoms with Crippen LogP contribution < -0.4 is 0 Å². The quantitative estimate of drug-likeness (QED) is 0.708. The summed E-state index contributed by atoms with van der Waals surface area (Å²) in [6, 6.07) is 9.74. The molecule has 1 heterocycles. The zero-order chi connectivity index (χ0) is 17.5. The number of hydrogen-bond donors (Lipinski definition) is 0. The van der Waals surface area contributed by atoms with Crippen LogP contribution in [0, 0.1) is 11.8 Å². The van der Waals surface area contributed by atoms with Crippen LogP contribution in [-0.2, 0) is 16.0 Å². The average molecular weight is 331 g/mol.